The number of halogens is 5. The smallest absolute Gasteiger partial charge is 0.417 e. The van der Waals surface area contributed by atoms with Gasteiger partial charge in [-0.2, -0.15) is 13.2 Å². The lowest BCUT2D eigenvalue weighted by Gasteiger charge is -2.13. The van der Waals surface area contributed by atoms with Gasteiger partial charge in [0.2, 0.25) is 0 Å². The number of hydrogen-bond acceptors (Lipinski definition) is 3. The summed E-state index contributed by atoms with van der Waals surface area (Å²) in [5.74, 6) is -1.74. The summed E-state index contributed by atoms with van der Waals surface area (Å²) >= 11 is 11.8. The molecule has 0 aliphatic carbocycles. The summed E-state index contributed by atoms with van der Waals surface area (Å²) in [6.45, 7) is 1.13. The molecule has 0 saturated carbocycles. The Labute approximate surface area is 144 Å². The van der Waals surface area contributed by atoms with Crippen LogP contribution in [-0.2, 0) is 11.0 Å². The highest BCUT2D eigenvalue weighted by Crippen LogP contribution is 2.37. The molecule has 0 N–H and O–H groups in total. The number of esters is 1. The lowest BCUT2D eigenvalue weighted by molar-refractivity contribution is -0.138. The van der Waals surface area contributed by atoms with Gasteiger partial charge in [-0.1, -0.05) is 41.4 Å². The number of carbonyl (C=O) groups is 2. The average Bonchev–Trinajstić information content (AvgIpc) is 2.49. The number of rotatable bonds is 3. The SMILES string of the molecule is CC(=O)Oc1c(Cl)cc(C(=O)c2ccccc2C(F)(F)F)cc1Cl. The Morgan fingerprint density at radius 3 is 2.08 bits per heavy atom. The number of carbonyl (C=O) groups excluding carboxylic acids is 2. The predicted octanol–water partition coefficient (Wildman–Crippen LogP) is 5.17. The van der Waals surface area contributed by atoms with E-state index in [1.165, 1.54) is 12.1 Å². The van der Waals surface area contributed by atoms with E-state index in [0.717, 1.165) is 31.2 Å². The van der Waals surface area contributed by atoms with Crippen LogP contribution in [0.1, 0.15) is 28.4 Å². The van der Waals surface area contributed by atoms with Crippen molar-refractivity contribution >= 4 is 35.0 Å². The van der Waals surface area contributed by atoms with Crippen LogP contribution in [0.15, 0.2) is 36.4 Å². The van der Waals surface area contributed by atoms with Gasteiger partial charge in [-0.3, -0.25) is 9.59 Å². The van der Waals surface area contributed by atoms with Crippen LogP contribution in [-0.4, -0.2) is 11.8 Å². The van der Waals surface area contributed by atoms with E-state index >= 15 is 0 Å². The number of ether oxygens (including phenoxy) is 1. The number of benzene rings is 2. The second kappa shape index (κ2) is 6.83. The molecule has 3 nitrogen and oxygen atoms in total. The molecule has 2 aromatic carbocycles. The molecule has 0 amide bonds. The van der Waals surface area contributed by atoms with Crippen LogP contribution in [0.2, 0.25) is 10.0 Å². The van der Waals surface area contributed by atoms with Crippen molar-refractivity contribution in [2.45, 2.75) is 13.1 Å². The Balaban J connectivity index is 2.51. The van der Waals surface area contributed by atoms with Gasteiger partial charge < -0.3 is 4.74 Å². The first-order valence-corrected chi connectivity index (χ1v) is 7.25. The molecule has 0 aliphatic heterocycles. The van der Waals surface area contributed by atoms with Crippen LogP contribution < -0.4 is 4.74 Å². The maximum atomic E-state index is 13.0. The highest BCUT2D eigenvalue weighted by atomic mass is 35.5. The first kappa shape index (κ1) is 18.3. The minimum absolute atomic E-state index is 0.155. The highest BCUT2D eigenvalue weighted by Gasteiger charge is 2.35. The topological polar surface area (TPSA) is 43.4 Å². The number of alkyl halides is 3. The minimum Gasteiger partial charge on any atom is -0.424 e. The van der Waals surface area contributed by atoms with Gasteiger partial charge in [0.15, 0.2) is 11.5 Å². The number of hydrogen-bond donors (Lipinski definition) is 0. The fourth-order valence-corrected chi connectivity index (χ4v) is 2.58. The van der Waals surface area contributed by atoms with Crippen LogP contribution in [0.5, 0.6) is 5.75 Å². The third kappa shape index (κ3) is 3.88. The van der Waals surface area contributed by atoms with Crippen LogP contribution in [0.3, 0.4) is 0 Å². The van der Waals surface area contributed by atoms with Crippen molar-refractivity contribution in [2.75, 3.05) is 0 Å². The van der Waals surface area contributed by atoms with Crippen LogP contribution in [0, 0.1) is 0 Å². The van der Waals surface area contributed by atoms with Gasteiger partial charge in [-0.25, -0.2) is 0 Å². The predicted molar refractivity (Wildman–Crippen MR) is 82.6 cm³/mol. The first-order valence-electron chi connectivity index (χ1n) is 6.49. The molecule has 0 fully saturated rings. The molecule has 2 aromatic rings. The maximum Gasteiger partial charge on any atom is 0.417 e. The van der Waals surface area contributed by atoms with E-state index in [2.05, 4.69) is 0 Å². The Morgan fingerprint density at radius 1 is 1.04 bits per heavy atom. The monoisotopic (exact) mass is 376 g/mol. The lowest BCUT2D eigenvalue weighted by Crippen LogP contribution is -2.14. The third-order valence-corrected chi connectivity index (χ3v) is 3.54. The molecule has 0 unspecified atom stereocenters. The molecule has 0 bridgehead atoms. The Morgan fingerprint density at radius 2 is 1.58 bits per heavy atom. The van der Waals surface area contributed by atoms with E-state index in [1.807, 2.05) is 0 Å². The van der Waals surface area contributed by atoms with E-state index < -0.39 is 29.1 Å². The van der Waals surface area contributed by atoms with Gasteiger partial charge in [0.25, 0.3) is 0 Å². The summed E-state index contributed by atoms with van der Waals surface area (Å²) < 4.78 is 43.9. The molecule has 0 aromatic heterocycles. The van der Waals surface area contributed by atoms with E-state index in [0.29, 0.717) is 0 Å². The molecule has 8 heteroatoms. The molecule has 24 heavy (non-hydrogen) atoms. The molecule has 0 atom stereocenters. The largest absolute Gasteiger partial charge is 0.424 e. The van der Waals surface area contributed by atoms with Crippen LogP contribution in [0.25, 0.3) is 0 Å². The highest BCUT2D eigenvalue weighted by molar-refractivity contribution is 6.38. The summed E-state index contributed by atoms with van der Waals surface area (Å²) in [4.78, 5) is 23.4. The van der Waals surface area contributed by atoms with Crippen molar-refractivity contribution in [3.63, 3.8) is 0 Å². The zero-order chi connectivity index (χ0) is 18.1. The summed E-state index contributed by atoms with van der Waals surface area (Å²) in [6, 6.07) is 6.57. The van der Waals surface area contributed by atoms with Crippen LogP contribution >= 0.6 is 23.2 Å². The molecule has 0 spiro atoms. The Bertz CT molecular complexity index is 793. The summed E-state index contributed by atoms with van der Waals surface area (Å²) in [5, 5.41) is -0.323. The van der Waals surface area contributed by atoms with Gasteiger partial charge in [0.1, 0.15) is 0 Å². The van der Waals surface area contributed by atoms with Crippen molar-refractivity contribution in [3.05, 3.63) is 63.1 Å². The van der Waals surface area contributed by atoms with Gasteiger partial charge >= 0.3 is 12.1 Å². The Hall–Kier alpha value is -2.05. The average molecular weight is 377 g/mol. The van der Waals surface area contributed by atoms with Crippen LogP contribution in [0.4, 0.5) is 13.2 Å². The number of ketones is 1. The fraction of sp³-hybridized carbons (Fsp3) is 0.125. The molecular formula is C16H9Cl2F3O3. The minimum atomic E-state index is -4.68. The normalized spacial score (nSPS) is 11.2. The second-order valence-corrected chi connectivity index (χ2v) is 5.55. The van der Waals surface area contributed by atoms with Gasteiger partial charge in [-0.05, 0) is 18.2 Å². The van der Waals surface area contributed by atoms with Crippen molar-refractivity contribution < 1.29 is 27.5 Å². The quantitative estimate of drug-likeness (QED) is 0.421. The van der Waals surface area contributed by atoms with Gasteiger partial charge in [0.05, 0.1) is 15.6 Å². The van der Waals surface area contributed by atoms with Crippen molar-refractivity contribution in [2.24, 2.45) is 0 Å². The third-order valence-electron chi connectivity index (χ3n) is 2.98. The summed E-state index contributed by atoms with van der Waals surface area (Å²) in [6.07, 6.45) is -4.68. The van der Waals surface area contributed by atoms with Crippen molar-refractivity contribution in [3.8, 4) is 5.75 Å². The maximum absolute atomic E-state index is 13.0. The van der Waals surface area contributed by atoms with E-state index in [9.17, 15) is 22.8 Å². The molecular weight excluding hydrogens is 368 g/mol. The van der Waals surface area contributed by atoms with E-state index in [4.69, 9.17) is 27.9 Å². The molecule has 0 saturated heterocycles. The molecule has 0 aliphatic rings. The summed E-state index contributed by atoms with van der Waals surface area (Å²) in [7, 11) is 0. The zero-order valence-corrected chi connectivity index (χ0v) is 13.6. The van der Waals surface area contributed by atoms with Crippen molar-refractivity contribution in [1.29, 1.82) is 0 Å². The zero-order valence-electron chi connectivity index (χ0n) is 12.1. The lowest BCUT2D eigenvalue weighted by atomic mass is 9.98. The Kier molecular flexibility index (Phi) is 5.20. The molecule has 126 valence electrons. The first-order chi connectivity index (χ1) is 11.1. The molecule has 2 rings (SSSR count). The van der Waals surface area contributed by atoms with Gasteiger partial charge in [0, 0.05) is 18.1 Å². The molecule has 0 radical (unpaired) electrons. The standard InChI is InChI=1S/C16H9Cl2F3O3/c1-8(22)24-15-12(17)6-9(7-13(15)18)14(23)10-4-2-3-5-11(10)16(19,20)21/h2-7H,1H3. The van der Waals surface area contributed by atoms with Gasteiger partial charge in [-0.15, -0.1) is 0 Å². The molecule has 0 heterocycles. The summed E-state index contributed by atoms with van der Waals surface area (Å²) in [5.41, 5.74) is -1.75. The second-order valence-electron chi connectivity index (χ2n) is 4.74. The fourth-order valence-electron chi connectivity index (χ4n) is 2.02. The van der Waals surface area contributed by atoms with E-state index in [1.54, 1.807) is 0 Å². The van der Waals surface area contributed by atoms with Crippen molar-refractivity contribution in [1.82, 2.24) is 0 Å². The van der Waals surface area contributed by atoms with E-state index in [-0.39, 0.29) is 21.4 Å².